The molecule has 0 aliphatic carbocycles. The number of unbranched alkanes of at least 4 members (excludes halogenated alkanes) is 2. The van der Waals surface area contributed by atoms with Crippen LogP contribution < -0.4 is 0 Å². The Labute approximate surface area is 128 Å². The van der Waals surface area contributed by atoms with Gasteiger partial charge in [0, 0.05) is 0 Å². The van der Waals surface area contributed by atoms with Crippen LogP contribution >= 0.6 is 0 Å². The second-order valence-corrected chi connectivity index (χ2v) is 5.71. The summed E-state index contributed by atoms with van der Waals surface area (Å²) in [5, 5.41) is 0. The highest BCUT2D eigenvalue weighted by Gasteiger charge is 2.05. The molecule has 2 rings (SSSR count). The highest BCUT2D eigenvalue weighted by atomic mass is 19.1. The van der Waals surface area contributed by atoms with Gasteiger partial charge in [0.2, 0.25) is 0 Å². The topological polar surface area (TPSA) is 0 Å². The molecule has 0 bridgehead atoms. The third-order valence-corrected chi connectivity index (χ3v) is 3.93. The van der Waals surface area contributed by atoms with Gasteiger partial charge in [-0.05, 0) is 47.6 Å². The molecular formula is C20H25F. The Kier molecular flexibility index (Phi) is 5.98. The molecule has 21 heavy (non-hydrogen) atoms. The molecule has 0 aliphatic rings. The Morgan fingerprint density at radius 1 is 0.762 bits per heavy atom. The van der Waals surface area contributed by atoms with Crippen LogP contribution in [0, 0.1) is 5.82 Å². The lowest BCUT2D eigenvalue weighted by Gasteiger charge is -2.07. The molecule has 0 saturated carbocycles. The number of aryl methyl sites for hydroxylation is 2. The molecule has 0 saturated heterocycles. The lowest BCUT2D eigenvalue weighted by Crippen LogP contribution is -1.92. The second kappa shape index (κ2) is 7.97. The summed E-state index contributed by atoms with van der Waals surface area (Å²) in [6.45, 7) is 4.35. The van der Waals surface area contributed by atoms with Crippen LogP contribution in [0.15, 0.2) is 42.5 Å². The minimum Gasteiger partial charge on any atom is -0.207 e. The summed E-state index contributed by atoms with van der Waals surface area (Å²) < 4.78 is 14.2. The van der Waals surface area contributed by atoms with E-state index in [9.17, 15) is 4.39 Å². The molecule has 1 heteroatoms. The van der Waals surface area contributed by atoms with Crippen molar-refractivity contribution in [1.82, 2.24) is 0 Å². The maximum absolute atomic E-state index is 14.2. The van der Waals surface area contributed by atoms with Crippen molar-refractivity contribution in [2.75, 3.05) is 0 Å². The maximum Gasteiger partial charge on any atom is 0.127 e. The van der Waals surface area contributed by atoms with Crippen molar-refractivity contribution in [2.45, 2.75) is 52.4 Å². The van der Waals surface area contributed by atoms with Crippen molar-refractivity contribution in [3.05, 3.63) is 59.4 Å². The molecule has 0 N–H and O–H groups in total. The van der Waals surface area contributed by atoms with E-state index in [-0.39, 0.29) is 5.82 Å². The van der Waals surface area contributed by atoms with Crippen LogP contribution in [0.2, 0.25) is 0 Å². The second-order valence-electron chi connectivity index (χ2n) is 5.71. The van der Waals surface area contributed by atoms with E-state index in [0.29, 0.717) is 0 Å². The fourth-order valence-corrected chi connectivity index (χ4v) is 2.65. The number of hydrogen-bond donors (Lipinski definition) is 0. The standard InChI is InChI=1S/C20H25F/c1-3-5-6-8-18-13-14-19(15-20(18)21)17-11-9-16(7-4-2)10-12-17/h9-15H,3-8H2,1-2H3. The van der Waals surface area contributed by atoms with E-state index >= 15 is 0 Å². The van der Waals surface area contributed by atoms with Gasteiger partial charge in [-0.2, -0.15) is 0 Å². The Morgan fingerprint density at radius 3 is 2.10 bits per heavy atom. The largest absolute Gasteiger partial charge is 0.207 e. The molecule has 0 unspecified atom stereocenters. The lowest BCUT2D eigenvalue weighted by atomic mass is 9.99. The van der Waals surface area contributed by atoms with E-state index < -0.39 is 0 Å². The smallest absolute Gasteiger partial charge is 0.127 e. The van der Waals surface area contributed by atoms with Crippen molar-refractivity contribution < 1.29 is 4.39 Å². The molecule has 0 amide bonds. The van der Waals surface area contributed by atoms with Crippen LogP contribution in [-0.2, 0) is 12.8 Å². The molecule has 0 spiro atoms. The van der Waals surface area contributed by atoms with Gasteiger partial charge in [0.05, 0.1) is 0 Å². The number of halogens is 1. The molecule has 0 nitrogen and oxygen atoms in total. The number of hydrogen-bond acceptors (Lipinski definition) is 0. The Balaban J connectivity index is 2.11. The molecule has 0 atom stereocenters. The van der Waals surface area contributed by atoms with Gasteiger partial charge in [-0.15, -0.1) is 0 Å². The molecular weight excluding hydrogens is 259 g/mol. The van der Waals surface area contributed by atoms with Gasteiger partial charge >= 0.3 is 0 Å². The first-order valence-electron chi connectivity index (χ1n) is 8.12. The average Bonchev–Trinajstić information content (AvgIpc) is 2.50. The maximum atomic E-state index is 14.2. The molecule has 2 aromatic carbocycles. The van der Waals surface area contributed by atoms with Gasteiger partial charge in [-0.3, -0.25) is 0 Å². The van der Waals surface area contributed by atoms with Crippen LogP contribution in [0.3, 0.4) is 0 Å². The average molecular weight is 284 g/mol. The van der Waals surface area contributed by atoms with Gasteiger partial charge in [0.1, 0.15) is 5.82 Å². The summed E-state index contributed by atoms with van der Waals surface area (Å²) in [4.78, 5) is 0. The van der Waals surface area contributed by atoms with Crippen LogP contribution in [-0.4, -0.2) is 0 Å². The van der Waals surface area contributed by atoms with Crippen LogP contribution in [0.25, 0.3) is 11.1 Å². The van der Waals surface area contributed by atoms with Gasteiger partial charge in [-0.1, -0.05) is 69.5 Å². The van der Waals surface area contributed by atoms with Crippen molar-refractivity contribution >= 4 is 0 Å². The third-order valence-electron chi connectivity index (χ3n) is 3.93. The zero-order chi connectivity index (χ0) is 15.1. The molecule has 0 heterocycles. The van der Waals surface area contributed by atoms with E-state index in [1.807, 2.05) is 12.1 Å². The quantitative estimate of drug-likeness (QED) is 0.533. The summed E-state index contributed by atoms with van der Waals surface area (Å²) in [6.07, 6.45) is 6.50. The Bertz CT molecular complexity index is 555. The van der Waals surface area contributed by atoms with E-state index in [0.717, 1.165) is 42.4 Å². The first-order valence-corrected chi connectivity index (χ1v) is 8.12. The Hall–Kier alpha value is -1.63. The monoisotopic (exact) mass is 284 g/mol. The summed E-state index contributed by atoms with van der Waals surface area (Å²) in [5.41, 5.74) is 4.25. The van der Waals surface area contributed by atoms with Crippen LogP contribution in [0.4, 0.5) is 4.39 Å². The summed E-state index contributed by atoms with van der Waals surface area (Å²) in [5.74, 6) is -0.0683. The van der Waals surface area contributed by atoms with E-state index in [1.165, 1.54) is 18.4 Å². The predicted molar refractivity (Wildman–Crippen MR) is 89.1 cm³/mol. The SMILES string of the molecule is CCCCCc1ccc(-c2ccc(CCC)cc2)cc1F. The summed E-state index contributed by atoms with van der Waals surface area (Å²) in [7, 11) is 0. The minimum absolute atomic E-state index is 0.0683. The zero-order valence-electron chi connectivity index (χ0n) is 13.2. The van der Waals surface area contributed by atoms with Crippen molar-refractivity contribution in [1.29, 1.82) is 0 Å². The number of benzene rings is 2. The van der Waals surface area contributed by atoms with Crippen molar-refractivity contribution in [2.24, 2.45) is 0 Å². The minimum atomic E-state index is -0.0683. The van der Waals surface area contributed by atoms with Crippen molar-refractivity contribution in [3.8, 4) is 11.1 Å². The molecule has 2 aromatic rings. The highest BCUT2D eigenvalue weighted by molar-refractivity contribution is 5.64. The Morgan fingerprint density at radius 2 is 1.48 bits per heavy atom. The highest BCUT2D eigenvalue weighted by Crippen LogP contribution is 2.23. The van der Waals surface area contributed by atoms with Gasteiger partial charge in [0.25, 0.3) is 0 Å². The van der Waals surface area contributed by atoms with E-state index in [4.69, 9.17) is 0 Å². The molecule has 0 radical (unpaired) electrons. The molecule has 0 fully saturated rings. The van der Waals surface area contributed by atoms with Gasteiger partial charge < -0.3 is 0 Å². The molecule has 0 aliphatic heterocycles. The molecule has 0 aromatic heterocycles. The fourth-order valence-electron chi connectivity index (χ4n) is 2.65. The lowest BCUT2D eigenvalue weighted by molar-refractivity contribution is 0.599. The van der Waals surface area contributed by atoms with Gasteiger partial charge in [-0.25, -0.2) is 4.39 Å². The third kappa shape index (κ3) is 4.42. The summed E-state index contributed by atoms with van der Waals surface area (Å²) in [6, 6.07) is 14.1. The van der Waals surface area contributed by atoms with Gasteiger partial charge in [0.15, 0.2) is 0 Å². The van der Waals surface area contributed by atoms with Crippen LogP contribution in [0.1, 0.15) is 50.7 Å². The summed E-state index contributed by atoms with van der Waals surface area (Å²) >= 11 is 0. The van der Waals surface area contributed by atoms with E-state index in [1.54, 1.807) is 6.07 Å². The van der Waals surface area contributed by atoms with E-state index in [2.05, 4.69) is 38.1 Å². The zero-order valence-corrected chi connectivity index (χ0v) is 13.2. The molecule has 112 valence electrons. The first kappa shape index (κ1) is 15.8. The van der Waals surface area contributed by atoms with Crippen LogP contribution in [0.5, 0.6) is 0 Å². The predicted octanol–water partition coefficient (Wildman–Crippen LogP) is 6.18. The van der Waals surface area contributed by atoms with Crippen molar-refractivity contribution in [3.63, 3.8) is 0 Å². The normalized spacial score (nSPS) is 10.8. The fraction of sp³-hybridized carbons (Fsp3) is 0.400. The number of rotatable bonds is 7. The first-order chi connectivity index (χ1) is 10.2.